The van der Waals surface area contributed by atoms with Crippen LogP contribution in [-0.4, -0.2) is 6.29 Å². The van der Waals surface area contributed by atoms with Crippen molar-refractivity contribution >= 4 is 6.29 Å². The first-order valence-electron chi connectivity index (χ1n) is 10.6. The Labute approximate surface area is 147 Å². The van der Waals surface area contributed by atoms with Crippen molar-refractivity contribution < 1.29 is 4.79 Å². The van der Waals surface area contributed by atoms with Gasteiger partial charge in [0.15, 0.2) is 6.29 Å². The van der Waals surface area contributed by atoms with E-state index in [9.17, 15) is 4.79 Å². The zero-order chi connectivity index (χ0) is 17.0. The summed E-state index contributed by atoms with van der Waals surface area (Å²) in [5, 5.41) is 0. The highest BCUT2D eigenvalue weighted by Gasteiger charge is 1.96. The van der Waals surface area contributed by atoms with Crippen LogP contribution in [0.3, 0.4) is 0 Å². The molecule has 0 aromatic rings. The fourth-order valence-electron chi connectivity index (χ4n) is 3.22. The molecule has 0 fully saturated rings. The van der Waals surface area contributed by atoms with E-state index in [0.29, 0.717) is 6.42 Å². The number of rotatable bonds is 19. The molecule has 0 unspecified atom stereocenters. The smallest absolute Gasteiger partial charge is 0.198 e. The van der Waals surface area contributed by atoms with Crippen LogP contribution in [-0.2, 0) is 4.79 Å². The maximum Gasteiger partial charge on any atom is 0.198 e. The van der Waals surface area contributed by atoms with Gasteiger partial charge >= 0.3 is 0 Å². The van der Waals surface area contributed by atoms with Crippen LogP contribution in [0.25, 0.3) is 0 Å². The molecule has 23 heavy (non-hydrogen) atoms. The van der Waals surface area contributed by atoms with Gasteiger partial charge in [-0.1, -0.05) is 117 Å². The molecule has 1 heteroatoms. The van der Waals surface area contributed by atoms with E-state index in [-0.39, 0.29) is 0 Å². The lowest BCUT2D eigenvalue weighted by atomic mass is 10.0. The lowest BCUT2D eigenvalue weighted by Crippen LogP contribution is -1.87. The third-order valence-electron chi connectivity index (χ3n) is 4.81. The predicted molar refractivity (Wildman–Crippen MR) is 104 cm³/mol. The van der Waals surface area contributed by atoms with Gasteiger partial charge < -0.3 is 0 Å². The highest BCUT2D eigenvalue weighted by molar-refractivity contribution is 5.50. The summed E-state index contributed by atoms with van der Waals surface area (Å²) in [6, 6.07) is 0. The minimum absolute atomic E-state index is 0.637. The zero-order valence-corrected chi connectivity index (χ0v) is 16.2. The third-order valence-corrected chi connectivity index (χ3v) is 4.81. The van der Waals surface area contributed by atoms with E-state index >= 15 is 0 Å². The van der Waals surface area contributed by atoms with Crippen molar-refractivity contribution in [2.75, 3.05) is 0 Å². The molecule has 0 aliphatic heterocycles. The summed E-state index contributed by atoms with van der Waals surface area (Å²) in [6.07, 6.45) is 26.2. The molecule has 0 aromatic carbocycles. The molecular formula is C22H43O. The van der Waals surface area contributed by atoms with Gasteiger partial charge in [-0.3, -0.25) is 4.79 Å². The van der Waals surface area contributed by atoms with Crippen LogP contribution in [0.2, 0.25) is 0 Å². The molecule has 137 valence electrons. The Morgan fingerprint density at radius 3 is 1.13 bits per heavy atom. The van der Waals surface area contributed by atoms with E-state index in [0.717, 1.165) is 12.3 Å². The molecule has 0 N–H and O–H groups in total. The van der Waals surface area contributed by atoms with Crippen molar-refractivity contribution in [1.29, 1.82) is 0 Å². The Morgan fingerprint density at radius 1 is 0.522 bits per heavy atom. The third kappa shape index (κ3) is 21.7. The second-order valence-electron chi connectivity index (χ2n) is 7.73. The van der Waals surface area contributed by atoms with Gasteiger partial charge in [0.25, 0.3) is 0 Å². The van der Waals surface area contributed by atoms with E-state index < -0.39 is 0 Å². The van der Waals surface area contributed by atoms with Crippen molar-refractivity contribution in [2.24, 2.45) is 5.92 Å². The normalized spacial score (nSPS) is 11.3. The quantitative estimate of drug-likeness (QED) is 0.222. The summed E-state index contributed by atoms with van der Waals surface area (Å²) in [5.41, 5.74) is 0. The molecule has 0 aliphatic rings. The Morgan fingerprint density at radius 2 is 0.826 bits per heavy atom. The summed E-state index contributed by atoms with van der Waals surface area (Å²) < 4.78 is 0. The summed E-state index contributed by atoms with van der Waals surface area (Å²) in [7, 11) is 0. The molecule has 0 rings (SSSR count). The topological polar surface area (TPSA) is 17.1 Å². The second kappa shape index (κ2) is 19.7. The van der Waals surface area contributed by atoms with Crippen LogP contribution in [0.15, 0.2) is 0 Å². The molecule has 0 amide bonds. The van der Waals surface area contributed by atoms with E-state index in [1.54, 1.807) is 0 Å². The average Bonchev–Trinajstić information content (AvgIpc) is 2.53. The summed E-state index contributed by atoms with van der Waals surface area (Å²) in [6.45, 7) is 4.66. The van der Waals surface area contributed by atoms with E-state index in [1.807, 2.05) is 6.29 Å². The first kappa shape index (κ1) is 22.7. The van der Waals surface area contributed by atoms with E-state index in [1.165, 1.54) is 103 Å². The van der Waals surface area contributed by atoms with Crippen LogP contribution < -0.4 is 0 Å². The Balaban J connectivity index is 2.96. The molecule has 0 saturated carbocycles. The Bertz CT molecular complexity index is 222. The van der Waals surface area contributed by atoms with Gasteiger partial charge in [-0.15, -0.1) is 0 Å². The van der Waals surface area contributed by atoms with Crippen LogP contribution in [0.4, 0.5) is 0 Å². The maximum absolute atomic E-state index is 10.1. The lowest BCUT2D eigenvalue weighted by Gasteiger charge is -2.05. The van der Waals surface area contributed by atoms with Crippen LogP contribution >= 0.6 is 0 Å². The molecule has 0 aromatic heterocycles. The monoisotopic (exact) mass is 323 g/mol. The maximum atomic E-state index is 10.1. The SMILES string of the molecule is CC(C)CCCCCCCCCCCCCCCCCC[C]=O. The van der Waals surface area contributed by atoms with Crippen molar-refractivity contribution in [2.45, 2.75) is 129 Å². The average molecular weight is 324 g/mol. The molecule has 0 bridgehead atoms. The zero-order valence-electron chi connectivity index (χ0n) is 16.2. The fraction of sp³-hybridized carbons (Fsp3) is 0.955. The molecule has 0 spiro atoms. The molecule has 1 radical (unpaired) electrons. The second-order valence-corrected chi connectivity index (χ2v) is 7.73. The van der Waals surface area contributed by atoms with Gasteiger partial charge in [-0.05, 0) is 12.3 Å². The first-order chi connectivity index (χ1) is 11.3. The molecule has 0 atom stereocenters. The van der Waals surface area contributed by atoms with Gasteiger partial charge in [0.05, 0.1) is 0 Å². The lowest BCUT2D eigenvalue weighted by molar-refractivity contribution is 0.501. The van der Waals surface area contributed by atoms with Crippen molar-refractivity contribution in [3.8, 4) is 0 Å². The number of hydrogen-bond acceptors (Lipinski definition) is 1. The first-order valence-corrected chi connectivity index (χ1v) is 10.6. The largest absolute Gasteiger partial charge is 0.291 e. The Kier molecular flexibility index (Phi) is 19.4. The van der Waals surface area contributed by atoms with Crippen LogP contribution in [0, 0.1) is 5.92 Å². The summed E-state index contributed by atoms with van der Waals surface area (Å²) in [4.78, 5) is 10.1. The molecule has 0 heterocycles. The predicted octanol–water partition coefficient (Wildman–Crippen LogP) is 7.77. The summed E-state index contributed by atoms with van der Waals surface area (Å²) in [5.74, 6) is 0.885. The molecule has 0 saturated heterocycles. The number of hydrogen-bond donors (Lipinski definition) is 0. The minimum Gasteiger partial charge on any atom is -0.291 e. The molecular weight excluding hydrogens is 280 g/mol. The van der Waals surface area contributed by atoms with E-state index in [4.69, 9.17) is 0 Å². The van der Waals surface area contributed by atoms with Gasteiger partial charge in [-0.25, -0.2) is 0 Å². The van der Waals surface area contributed by atoms with Crippen molar-refractivity contribution in [3.63, 3.8) is 0 Å². The molecule has 0 aliphatic carbocycles. The Hall–Kier alpha value is -0.330. The van der Waals surface area contributed by atoms with Gasteiger partial charge in [0, 0.05) is 6.42 Å². The van der Waals surface area contributed by atoms with Crippen molar-refractivity contribution in [1.82, 2.24) is 0 Å². The fourth-order valence-corrected chi connectivity index (χ4v) is 3.22. The highest BCUT2D eigenvalue weighted by atomic mass is 16.1. The van der Waals surface area contributed by atoms with E-state index in [2.05, 4.69) is 13.8 Å². The highest BCUT2D eigenvalue weighted by Crippen LogP contribution is 2.15. The van der Waals surface area contributed by atoms with Gasteiger partial charge in [0.1, 0.15) is 0 Å². The standard InChI is InChI=1S/C22H43O/c1-22(2)20-18-16-14-12-10-8-6-4-3-5-7-9-11-13-15-17-19-21-23/h22H,3-20H2,1-2H3. The van der Waals surface area contributed by atoms with Gasteiger partial charge in [0.2, 0.25) is 0 Å². The van der Waals surface area contributed by atoms with Crippen LogP contribution in [0.1, 0.15) is 129 Å². The molecule has 1 nitrogen and oxygen atoms in total. The van der Waals surface area contributed by atoms with Gasteiger partial charge in [-0.2, -0.15) is 0 Å². The van der Waals surface area contributed by atoms with Crippen molar-refractivity contribution in [3.05, 3.63) is 0 Å². The summed E-state index contributed by atoms with van der Waals surface area (Å²) >= 11 is 0. The number of carbonyl (C=O) groups excluding carboxylic acids is 1. The number of unbranched alkanes of at least 4 members (excludes halogenated alkanes) is 16. The van der Waals surface area contributed by atoms with Crippen LogP contribution in [0.5, 0.6) is 0 Å². The minimum atomic E-state index is 0.637.